The van der Waals surface area contributed by atoms with Crippen LogP contribution in [0.3, 0.4) is 0 Å². The highest BCUT2D eigenvalue weighted by Gasteiger charge is 2.10. The number of anilines is 2. The number of nitrogen functional groups attached to an aromatic ring is 1. The van der Waals surface area contributed by atoms with Crippen molar-refractivity contribution in [3.05, 3.63) is 52.1 Å². The molecule has 0 fully saturated rings. The zero-order chi connectivity index (χ0) is 13.8. The maximum atomic E-state index is 5.82. The SMILES string of the molecule is CCN(Cc1cccc(N)c1)c1ncc(C)cc1Br. The van der Waals surface area contributed by atoms with Crippen molar-refractivity contribution in [1.29, 1.82) is 0 Å². The Hall–Kier alpha value is -1.55. The normalized spacial score (nSPS) is 10.5. The molecule has 0 atom stereocenters. The van der Waals surface area contributed by atoms with E-state index in [-0.39, 0.29) is 0 Å². The Labute approximate surface area is 122 Å². The molecule has 0 amide bonds. The zero-order valence-electron chi connectivity index (χ0n) is 11.2. The third kappa shape index (κ3) is 3.47. The summed E-state index contributed by atoms with van der Waals surface area (Å²) in [6.07, 6.45) is 1.89. The average Bonchev–Trinajstić information content (AvgIpc) is 2.37. The van der Waals surface area contributed by atoms with E-state index in [1.165, 1.54) is 5.56 Å². The fraction of sp³-hybridized carbons (Fsp3) is 0.267. The fourth-order valence-electron chi connectivity index (χ4n) is 2.01. The standard InChI is InChI=1S/C15H18BrN3/c1-3-19(10-12-5-4-6-13(17)8-12)15-14(16)7-11(2)9-18-15/h4-9H,3,10,17H2,1-2H3. The highest BCUT2D eigenvalue weighted by Crippen LogP contribution is 2.25. The van der Waals surface area contributed by atoms with Gasteiger partial charge in [0.25, 0.3) is 0 Å². The number of benzene rings is 1. The smallest absolute Gasteiger partial charge is 0.143 e. The van der Waals surface area contributed by atoms with Gasteiger partial charge in [0.2, 0.25) is 0 Å². The Balaban J connectivity index is 2.25. The lowest BCUT2D eigenvalue weighted by Crippen LogP contribution is -2.23. The lowest BCUT2D eigenvalue weighted by atomic mass is 10.2. The van der Waals surface area contributed by atoms with E-state index in [2.05, 4.69) is 44.9 Å². The van der Waals surface area contributed by atoms with Crippen LogP contribution in [-0.4, -0.2) is 11.5 Å². The summed E-state index contributed by atoms with van der Waals surface area (Å²) in [6, 6.07) is 10.1. The van der Waals surface area contributed by atoms with E-state index in [0.29, 0.717) is 0 Å². The van der Waals surface area contributed by atoms with E-state index in [1.54, 1.807) is 0 Å². The molecule has 1 heterocycles. The first-order valence-corrected chi connectivity index (χ1v) is 7.11. The predicted molar refractivity (Wildman–Crippen MR) is 84.3 cm³/mol. The van der Waals surface area contributed by atoms with Crippen LogP contribution in [-0.2, 0) is 6.54 Å². The number of hydrogen-bond donors (Lipinski definition) is 1. The Morgan fingerprint density at radius 2 is 2.11 bits per heavy atom. The molecule has 2 aromatic rings. The van der Waals surface area contributed by atoms with Crippen LogP contribution in [0.5, 0.6) is 0 Å². The molecule has 1 aromatic heterocycles. The molecule has 1 aromatic carbocycles. The summed E-state index contributed by atoms with van der Waals surface area (Å²) in [7, 11) is 0. The Morgan fingerprint density at radius 1 is 1.32 bits per heavy atom. The second-order valence-electron chi connectivity index (χ2n) is 4.58. The van der Waals surface area contributed by atoms with Crippen molar-refractivity contribution in [1.82, 2.24) is 4.98 Å². The van der Waals surface area contributed by atoms with Crippen molar-refractivity contribution in [2.45, 2.75) is 20.4 Å². The number of aromatic nitrogens is 1. The average molecular weight is 320 g/mol. The van der Waals surface area contributed by atoms with Crippen molar-refractivity contribution >= 4 is 27.4 Å². The van der Waals surface area contributed by atoms with Gasteiger partial charge in [-0.1, -0.05) is 12.1 Å². The minimum absolute atomic E-state index is 0.796. The van der Waals surface area contributed by atoms with Crippen LogP contribution < -0.4 is 10.6 Å². The largest absolute Gasteiger partial charge is 0.399 e. The van der Waals surface area contributed by atoms with Gasteiger partial charge in [-0.05, 0) is 59.1 Å². The highest BCUT2D eigenvalue weighted by molar-refractivity contribution is 9.10. The number of nitrogens with two attached hydrogens (primary N) is 1. The molecule has 100 valence electrons. The highest BCUT2D eigenvalue weighted by atomic mass is 79.9. The minimum Gasteiger partial charge on any atom is -0.399 e. The summed E-state index contributed by atoms with van der Waals surface area (Å²) in [5, 5.41) is 0. The van der Waals surface area contributed by atoms with E-state index in [0.717, 1.165) is 34.6 Å². The van der Waals surface area contributed by atoms with Crippen molar-refractivity contribution in [2.24, 2.45) is 0 Å². The van der Waals surface area contributed by atoms with Gasteiger partial charge >= 0.3 is 0 Å². The van der Waals surface area contributed by atoms with Crippen molar-refractivity contribution in [2.75, 3.05) is 17.2 Å². The number of aryl methyl sites for hydroxylation is 1. The van der Waals surface area contributed by atoms with Crippen LogP contribution in [0.25, 0.3) is 0 Å². The van der Waals surface area contributed by atoms with Gasteiger partial charge in [-0.25, -0.2) is 4.98 Å². The summed E-state index contributed by atoms with van der Waals surface area (Å²) in [5.74, 6) is 0.968. The quantitative estimate of drug-likeness (QED) is 0.872. The van der Waals surface area contributed by atoms with Crippen LogP contribution in [0.1, 0.15) is 18.1 Å². The maximum Gasteiger partial charge on any atom is 0.143 e. The van der Waals surface area contributed by atoms with Crippen molar-refractivity contribution < 1.29 is 0 Å². The van der Waals surface area contributed by atoms with Gasteiger partial charge in [-0.15, -0.1) is 0 Å². The second-order valence-corrected chi connectivity index (χ2v) is 5.43. The maximum absolute atomic E-state index is 5.82. The summed E-state index contributed by atoms with van der Waals surface area (Å²) in [4.78, 5) is 6.74. The molecule has 19 heavy (non-hydrogen) atoms. The molecule has 0 aliphatic heterocycles. The van der Waals surface area contributed by atoms with Crippen LogP contribution in [0.15, 0.2) is 41.0 Å². The molecule has 0 saturated heterocycles. The monoisotopic (exact) mass is 319 g/mol. The van der Waals surface area contributed by atoms with E-state index in [9.17, 15) is 0 Å². The minimum atomic E-state index is 0.796. The van der Waals surface area contributed by atoms with Crippen LogP contribution in [0.2, 0.25) is 0 Å². The van der Waals surface area contributed by atoms with Crippen molar-refractivity contribution in [3.8, 4) is 0 Å². The zero-order valence-corrected chi connectivity index (χ0v) is 12.8. The van der Waals surface area contributed by atoms with Crippen LogP contribution >= 0.6 is 15.9 Å². The Kier molecular flexibility index (Phi) is 4.43. The van der Waals surface area contributed by atoms with Crippen LogP contribution in [0.4, 0.5) is 11.5 Å². The second kappa shape index (κ2) is 6.06. The summed E-state index contributed by atoms with van der Waals surface area (Å²) in [5.41, 5.74) is 8.96. The van der Waals surface area contributed by atoms with E-state index in [1.807, 2.05) is 31.3 Å². The number of nitrogens with zero attached hydrogens (tertiary/aromatic N) is 2. The van der Waals surface area contributed by atoms with Crippen molar-refractivity contribution in [3.63, 3.8) is 0 Å². The number of pyridine rings is 1. The van der Waals surface area contributed by atoms with Gasteiger partial charge in [0, 0.05) is 25.0 Å². The number of rotatable bonds is 4. The molecule has 0 spiro atoms. The summed E-state index contributed by atoms with van der Waals surface area (Å²) >= 11 is 3.59. The third-order valence-corrected chi connectivity index (χ3v) is 3.55. The molecule has 0 unspecified atom stereocenters. The lowest BCUT2D eigenvalue weighted by molar-refractivity contribution is 0.810. The van der Waals surface area contributed by atoms with E-state index < -0.39 is 0 Å². The third-order valence-electron chi connectivity index (χ3n) is 2.96. The van der Waals surface area contributed by atoms with Gasteiger partial charge in [0.05, 0.1) is 4.47 Å². The molecule has 0 aliphatic carbocycles. The number of halogens is 1. The van der Waals surface area contributed by atoms with Gasteiger partial charge in [-0.3, -0.25) is 0 Å². The molecular weight excluding hydrogens is 302 g/mol. The molecule has 0 bridgehead atoms. The topological polar surface area (TPSA) is 42.1 Å². The Bertz CT molecular complexity index is 569. The van der Waals surface area contributed by atoms with E-state index >= 15 is 0 Å². The molecule has 0 radical (unpaired) electrons. The summed E-state index contributed by atoms with van der Waals surface area (Å²) < 4.78 is 1.03. The van der Waals surface area contributed by atoms with Gasteiger partial charge in [0.15, 0.2) is 0 Å². The summed E-state index contributed by atoms with van der Waals surface area (Å²) in [6.45, 7) is 5.86. The molecular formula is C15H18BrN3. The molecule has 4 heteroatoms. The molecule has 3 nitrogen and oxygen atoms in total. The van der Waals surface area contributed by atoms with Crippen LogP contribution in [0, 0.1) is 6.92 Å². The van der Waals surface area contributed by atoms with Gasteiger partial charge < -0.3 is 10.6 Å². The van der Waals surface area contributed by atoms with E-state index in [4.69, 9.17) is 5.73 Å². The molecule has 2 rings (SSSR count). The lowest BCUT2D eigenvalue weighted by Gasteiger charge is -2.23. The Morgan fingerprint density at radius 3 is 2.74 bits per heavy atom. The number of hydrogen-bond acceptors (Lipinski definition) is 3. The molecule has 0 saturated carbocycles. The predicted octanol–water partition coefficient (Wildman–Crippen LogP) is 3.76. The fourth-order valence-corrected chi connectivity index (χ4v) is 2.72. The first kappa shape index (κ1) is 13.9. The van der Waals surface area contributed by atoms with Gasteiger partial charge in [-0.2, -0.15) is 0 Å². The molecule has 2 N–H and O–H groups in total. The first-order valence-electron chi connectivity index (χ1n) is 6.31. The van der Waals surface area contributed by atoms with Gasteiger partial charge in [0.1, 0.15) is 5.82 Å². The molecule has 0 aliphatic rings. The first-order chi connectivity index (χ1) is 9.10.